The Morgan fingerprint density at radius 2 is 2.19 bits per heavy atom. The molecular weight excluding hydrogens is 286 g/mol. The maximum absolute atomic E-state index is 11.9. The Bertz CT molecular complexity index is 538. The molecule has 0 bridgehead atoms. The highest BCUT2D eigenvalue weighted by Gasteiger charge is 2.44. The average Bonchev–Trinajstić information content (AvgIpc) is 2.73. The third-order valence-corrected chi connectivity index (χ3v) is 5.18. The van der Waals surface area contributed by atoms with Crippen molar-refractivity contribution in [2.24, 2.45) is 0 Å². The summed E-state index contributed by atoms with van der Waals surface area (Å²) in [5.74, 6) is 0.184. The second-order valence-electron chi connectivity index (χ2n) is 6.17. The van der Waals surface area contributed by atoms with Crippen LogP contribution in [0.1, 0.15) is 49.7 Å². The van der Waals surface area contributed by atoms with Gasteiger partial charge in [0.15, 0.2) is 0 Å². The van der Waals surface area contributed by atoms with Crippen molar-refractivity contribution in [1.29, 1.82) is 0 Å². The zero-order valence-corrected chi connectivity index (χ0v) is 13.2. The number of halogens is 1. The minimum Gasteiger partial charge on any atom is -0.466 e. The minimum atomic E-state index is -0.0885. The molecule has 1 aliphatic heterocycles. The minimum absolute atomic E-state index is 0.0885. The third kappa shape index (κ3) is 2.82. The van der Waals surface area contributed by atoms with Crippen molar-refractivity contribution in [3.8, 4) is 0 Å². The van der Waals surface area contributed by atoms with Gasteiger partial charge < -0.3 is 10.1 Å². The number of rotatable bonds is 3. The number of carbonyl (C=O) groups excluding carboxylic acids is 1. The lowest BCUT2D eigenvalue weighted by molar-refractivity contribution is -0.143. The lowest BCUT2D eigenvalue weighted by Crippen LogP contribution is -2.38. The average molecular weight is 308 g/mol. The van der Waals surface area contributed by atoms with Gasteiger partial charge in [0.25, 0.3) is 0 Å². The predicted octanol–water partition coefficient (Wildman–Crippen LogP) is 3.40. The molecule has 0 aromatic heterocycles. The Morgan fingerprint density at radius 3 is 2.90 bits per heavy atom. The van der Waals surface area contributed by atoms with Crippen molar-refractivity contribution >= 4 is 17.6 Å². The van der Waals surface area contributed by atoms with Crippen molar-refractivity contribution in [2.75, 3.05) is 19.7 Å². The fourth-order valence-corrected chi connectivity index (χ4v) is 4.19. The molecule has 1 atom stereocenters. The molecule has 1 aromatic carbocycles. The summed E-state index contributed by atoms with van der Waals surface area (Å²) in [6, 6.07) is 6.17. The number of ether oxygens (including phenoxy) is 1. The molecular formula is C17H22ClNO2. The Balaban J connectivity index is 1.91. The van der Waals surface area contributed by atoms with E-state index in [1.807, 2.05) is 13.0 Å². The molecule has 4 heteroatoms. The second-order valence-corrected chi connectivity index (χ2v) is 6.61. The number of esters is 1. The predicted molar refractivity (Wildman–Crippen MR) is 83.8 cm³/mol. The molecule has 1 spiro atoms. The molecule has 0 amide bonds. The first-order chi connectivity index (χ1) is 10.1. The van der Waals surface area contributed by atoms with E-state index in [4.69, 9.17) is 16.3 Å². The first-order valence-corrected chi connectivity index (χ1v) is 8.19. The fraction of sp³-hybridized carbons (Fsp3) is 0.588. The summed E-state index contributed by atoms with van der Waals surface area (Å²) >= 11 is 6.22. The Morgan fingerprint density at radius 1 is 1.43 bits per heavy atom. The van der Waals surface area contributed by atoms with E-state index >= 15 is 0 Å². The number of nitrogens with one attached hydrogen (secondary N) is 1. The molecule has 0 saturated carbocycles. The van der Waals surface area contributed by atoms with E-state index in [0.717, 1.165) is 37.4 Å². The van der Waals surface area contributed by atoms with Gasteiger partial charge in [-0.2, -0.15) is 0 Å². The summed E-state index contributed by atoms with van der Waals surface area (Å²) in [6.07, 6.45) is 3.78. The lowest BCUT2D eigenvalue weighted by atomic mass is 9.73. The number of benzene rings is 1. The summed E-state index contributed by atoms with van der Waals surface area (Å²) in [6.45, 7) is 4.39. The van der Waals surface area contributed by atoms with Crippen LogP contribution in [-0.2, 0) is 14.9 Å². The van der Waals surface area contributed by atoms with Gasteiger partial charge in [-0.3, -0.25) is 4.79 Å². The van der Waals surface area contributed by atoms with Gasteiger partial charge in [-0.05, 0) is 73.9 Å². The normalized spacial score (nSPS) is 23.0. The van der Waals surface area contributed by atoms with Gasteiger partial charge in [-0.15, -0.1) is 0 Å². The Labute approximate surface area is 131 Å². The van der Waals surface area contributed by atoms with Gasteiger partial charge in [0.2, 0.25) is 0 Å². The van der Waals surface area contributed by atoms with Crippen molar-refractivity contribution in [1.82, 2.24) is 5.32 Å². The molecule has 2 aliphatic rings. The molecule has 3 nitrogen and oxygen atoms in total. The summed E-state index contributed by atoms with van der Waals surface area (Å²) in [5, 5.41) is 4.23. The van der Waals surface area contributed by atoms with Crippen LogP contribution in [0.4, 0.5) is 0 Å². The van der Waals surface area contributed by atoms with Crippen LogP contribution in [0.2, 0.25) is 5.02 Å². The van der Waals surface area contributed by atoms with Crippen LogP contribution in [0.3, 0.4) is 0 Å². The van der Waals surface area contributed by atoms with E-state index in [-0.39, 0.29) is 17.3 Å². The molecule has 1 unspecified atom stereocenters. The van der Waals surface area contributed by atoms with Crippen LogP contribution in [0.5, 0.6) is 0 Å². The number of piperidine rings is 1. The summed E-state index contributed by atoms with van der Waals surface area (Å²) in [4.78, 5) is 11.9. The van der Waals surface area contributed by atoms with Crippen LogP contribution in [0.25, 0.3) is 0 Å². The van der Waals surface area contributed by atoms with Crippen LogP contribution in [0.15, 0.2) is 18.2 Å². The third-order valence-electron chi connectivity index (χ3n) is 4.94. The quantitative estimate of drug-likeness (QED) is 0.870. The molecule has 3 rings (SSSR count). The number of hydrogen-bond acceptors (Lipinski definition) is 3. The highest BCUT2D eigenvalue weighted by molar-refractivity contribution is 6.30. The van der Waals surface area contributed by atoms with Gasteiger partial charge in [-0.1, -0.05) is 17.7 Å². The highest BCUT2D eigenvalue weighted by Crippen LogP contribution is 2.52. The maximum Gasteiger partial charge on any atom is 0.306 e. The smallest absolute Gasteiger partial charge is 0.306 e. The molecule has 1 heterocycles. The summed E-state index contributed by atoms with van der Waals surface area (Å²) in [5.41, 5.74) is 2.86. The summed E-state index contributed by atoms with van der Waals surface area (Å²) in [7, 11) is 0. The van der Waals surface area contributed by atoms with E-state index in [0.29, 0.717) is 13.0 Å². The van der Waals surface area contributed by atoms with E-state index in [9.17, 15) is 4.79 Å². The van der Waals surface area contributed by atoms with E-state index in [1.54, 1.807) is 0 Å². The first-order valence-electron chi connectivity index (χ1n) is 7.81. The lowest BCUT2D eigenvalue weighted by Gasteiger charge is -2.35. The van der Waals surface area contributed by atoms with E-state index in [1.165, 1.54) is 11.1 Å². The van der Waals surface area contributed by atoms with Crippen LogP contribution in [-0.4, -0.2) is 25.7 Å². The van der Waals surface area contributed by atoms with Crippen LogP contribution < -0.4 is 5.32 Å². The molecule has 1 N–H and O–H groups in total. The van der Waals surface area contributed by atoms with E-state index < -0.39 is 0 Å². The molecule has 0 radical (unpaired) electrons. The Kier molecular flexibility index (Phi) is 4.23. The van der Waals surface area contributed by atoms with Crippen molar-refractivity contribution in [3.05, 3.63) is 34.3 Å². The van der Waals surface area contributed by atoms with E-state index in [2.05, 4.69) is 17.4 Å². The SMILES string of the molecule is CCOC(=O)CC1CC2(CCNCC2)c2cc(Cl)ccc21. The van der Waals surface area contributed by atoms with Crippen LogP contribution in [0, 0.1) is 0 Å². The number of carbonyl (C=O) groups is 1. The zero-order chi connectivity index (χ0) is 14.9. The molecule has 1 aromatic rings. The highest BCUT2D eigenvalue weighted by atomic mass is 35.5. The molecule has 1 aliphatic carbocycles. The van der Waals surface area contributed by atoms with Gasteiger partial charge in [0.05, 0.1) is 13.0 Å². The number of hydrogen-bond donors (Lipinski definition) is 1. The van der Waals surface area contributed by atoms with Crippen LogP contribution >= 0.6 is 11.6 Å². The Hall–Kier alpha value is -1.06. The second kappa shape index (κ2) is 5.98. The molecule has 1 fully saturated rings. The van der Waals surface area contributed by atoms with Gasteiger partial charge >= 0.3 is 5.97 Å². The summed E-state index contributed by atoms with van der Waals surface area (Å²) < 4.78 is 5.14. The van der Waals surface area contributed by atoms with Crippen molar-refractivity contribution in [2.45, 2.75) is 43.9 Å². The first kappa shape index (κ1) is 14.9. The fourth-order valence-electron chi connectivity index (χ4n) is 4.02. The van der Waals surface area contributed by atoms with Gasteiger partial charge in [-0.25, -0.2) is 0 Å². The maximum atomic E-state index is 11.9. The monoisotopic (exact) mass is 307 g/mol. The molecule has 1 saturated heterocycles. The number of fused-ring (bicyclic) bond motifs is 2. The zero-order valence-electron chi connectivity index (χ0n) is 12.5. The van der Waals surface area contributed by atoms with Gasteiger partial charge in [0.1, 0.15) is 0 Å². The largest absolute Gasteiger partial charge is 0.466 e. The van der Waals surface area contributed by atoms with Gasteiger partial charge in [0, 0.05) is 5.02 Å². The standard InChI is InChI=1S/C17H22ClNO2/c1-2-21-16(20)9-12-11-17(5-7-19-8-6-17)15-10-13(18)3-4-14(12)15/h3-4,10,12,19H,2,5-9,11H2,1H3. The topological polar surface area (TPSA) is 38.3 Å². The van der Waals surface area contributed by atoms with Crippen molar-refractivity contribution in [3.63, 3.8) is 0 Å². The van der Waals surface area contributed by atoms with Crippen molar-refractivity contribution < 1.29 is 9.53 Å². The molecule has 21 heavy (non-hydrogen) atoms. The molecule has 114 valence electrons.